The monoisotopic (exact) mass is 264 g/mol. The minimum absolute atomic E-state index is 0.535. The van der Waals surface area contributed by atoms with Crippen molar-refractivity contribution in [3.05, 3.63) is 11.3 Å². The van der Waals surface area contributed by atoms with Gasteiger partial charge >= 0.3 is 0 Å². The Bertz CT molecular complexity index is 428. The second kappa shape index (κ2) is 5.53. The van der Waals surface area contributed by atoms with Gasteiger partial charge in [-0.1, -0.05) is 20.3 Å². The predicted octanol–water partition coefficient (Wildman–Crippen LogP) is 2.46. The number of anilines is 1. The van der Waals surface area contributed by atoms with Crippen LogP contribution < -0.4 is 10.2 Å². The highest BCUT2D eigenvalue weighted by atomic mass is 15.4. The Balaban J connectivity index is 2.19. The van der Waals surface area contributed by atoms with Crippen molar-refractivity contribution in [2.24, 2.45) is 12.5 Å². The van der Waals surface area contributed by atoms with Crippen LogP contribution in [0.4, 0.5) is 5.82 Å². The number of aryl methyl sites for hydroxylation is 2. The van der Waals surface area contributed by atoms with E-state index in [4.69, 9.17) is 0 Å². The molecular weight excluding hydrogens is 236 g/mol. The number of rotatable bonds is 4. The Morgan fingerprint density at radius 1 is 1.32 bits per heavy atom. The molecule has 108 valence electrons. The molecule has 2 heterocycles. The number of piperidine rings is 1. The van der Waals surface area contributed by atoms with Crippen LogP contribution in [0.15, 0.2) is 0 Å². The molecule has 4 heteroatoms. The van der Waals surface area contributed by atoms with Crippen molar-refractivity contribution >= 4 is 5.82 Å². The minimum atomic E-state index is 0.535. The van der Waals surface area contributed by atoms with Gasteiger partial charge in [0.15, 0.2) is 0 Å². The van der Waals surface area contributed by atoms with E-state index in [9.17, 15) is 0 Å². The van der Waals surface area contributed by atoms with Gasteiger partial charge < -0.3 is 10.2 Å². The van der Waals surface area contributed by atoms with Crippen molar-refractivity contribution in [1.29, 1.82) is 0 Å². The number of hydrogen-bond acceptors (Lipinski definition) is 3. The zero-order valence-corrected chi connectivity index (χ0v) is 13.1. The lowest BCUT2D eigenvalue weighted by atomic mass is 9.78. The first-order chi connectivity index (χ1) is 9.00. The lowest BCUT2D eigenvalue weighted by Gasteiger charge is -2.40. The third-order valence-corrected chi connectivity index (χ3v) is 4.79. The summed E-state index contributed by atoms with van der Waals surface area (Å²) in [6, 6.07) is 0. The summed E-state index contributed by atoms with van der Waals surface area (Å²) in [4.78, 5) is 2.52. The first-order valence-electron chi connectivity index (χ1n) is 7.43. The average Bonchev–Trinajstić information content (AvgIpc) is 2.66. The second-order valence-electron chi connectivity index (χ2n) is 6.19. The van der Waals surface area contributed by atoms with Gasteiger partial charge in [-0.15, -0.1) is 0 Å². The molecule has 1 N–H and O–H groups in total. The Morgan fingerprint density at radius 2 is 1.95 bits per heavy atom. The summed E-state index contributed by atoms with van der Waals surface area (Å²) in [6.45, 7) is 10.1. The molecule has 0 saturated carbocycles. The first-order valence-corrected chi connectivity index (χ1v) is 7.43. The summed E-state index contributed by atoms with van der Waals surface area (Å²) >= 11 is 0. The lowest BCUT2D eigenvalue weighted by Crippen LogP contribution is -2.39. The molecule has 0 radical (unpaired) electrons. The molecule has 4 nitrogen and oxygen atoms in total. The molecule has 0 bridgehead atoms. The SMILES string of the molecule is CCC1(C)CCN(c2c(CNC)c(C)nn2C)CC1. The maximum Gasteiger partial charge on any atom is 0.131 e. The van der Waals surface area contributed by atoms with Gasteiger partial charge in [0.2, 0.25) is 0 Å². The van der Waals surface area contributed by atoms with Crippen LogP contribution >= 0.6 is 0 Å². The molecule has 0 spiro atoms. The third-order valence-electron chi connectivity index (χ3n) is 4.79. The molecule has 19 heavy (non-hydrogen) atoms. The number of aromatic nitrogens is 2. The largest absolute Gasteiger partial charge is 0.357 e. The average molecular weight is 264 g/mol. The van der Waals surface area contributed by atoms with Gasteiger partial charge in [0.25, 0.3) is 0 Å². The Labute approximate surface area is 117 Å². The summed E-state index contributed by atoms with van der Waals surface area (Å²) in [5, 5.41) is 7.86. The summed E-state index contributed by atoms with van der Waals surface area (Å²) in [5.74, 6) is 1.31. The third kappa shape index (κ3) is 2.78. The van der Waals surface area contributed by atoms with E-state index in [0.717, 1.165) is 25.3 Å². The fraction of sp³-hybridized carbons (Fsp3) is 0.800. The molecule has 1 aromatic rings. The van der Waals surface area contributed by atoms with E-state index in [1.807, 2.05) is 7.05 Å². The molecule has 0 atom stereocenters. The standard InChI is InChI=1S/C15H28N4/c1-6-15(3)7-9-19(10-8-15)14-13(11-16-4)12(2)17-18(14)5/h16H,6-11H2,1-5H3. The van der Waals surface area contributed by atoms with Crippen molar-refractivity contribution in [2.45, 2.75) is 46.6 Å². The normalized spacial score (nSPS) is 18.9. The molecular formula is C15H28N4. The van der Waals surface area contributed by atoms with Gasteiger partial charge in [0, 0.05) is 32.2 Å². The topological polar surface area (TPSA) is 33.1 Å². The first kappa shape index (κ1) is 14.4. The van der Waals surface area contributed by atoms with E-state index in [1.165, 1.54) is 30.6 Å². The van der Waals surface area contributed by atoms with Crippen LogP contribution in [0, 0.1) is 12.3 Å². The highest BCUT2D eigenvalue weighted by Crippen LogP contribution is 2.36. The van der Waals surface area contributed by atoms with E-state index in [0.29, 0.717) is 5.41 Å². The molecule has 1 fully saturated rings. The molecule has 1 aliphatic rings. The van der Waals surface area contributed by atoms with E-state index >= 15 is 0 Å². The molecule has 0 aromatic carbocycles. The fourth-order valence-corrected chi connectivity index (χ4v) is 3.08. The van der Waals surface area contributed by atoms with Crippen LogP contribution in [0.25, 0.3) is 0 Å². The highest BCUT2D eigenvalue weighted by Gasteiger charge is 2.30. The minimum Gasteiger partial charge on any atom is -0.357 e. The van der Waals surface area contributed by atoms with Gasteiger partial charge in [-0.2, -0.15) is 5.10 Å². The van der Waals surface area contributed by atoms with Gasteiger partial charge in [0.1, 0.15) is 5.82 Å². The van der Waals surface area contributed by atoms with Crippen molar-refractivity contribution in [3.63, 3.8) is 0 Å². The van der Waals surface area contributed by atoms with Gasteiger partial charge in [-0.05, 0) is 32.2 Å². The molecule has 1 aromatic heterocycles. The molecule has 1 aliphatic heterocycles. The zero-order valence-electron chi connectivity index (χ0n) is 13.1. The van der Waals surface area contributed by atoms with E-state index in [2.05, 4.69) is 47.8 Å². The van der Waals surface area contributed by atoms with Crippen LogP contribution in [-0.4, -0.2) is 29.9 Å². The molecule has 0 aliphatic carbocycles. The van der Waals surface area contributed by atoms with E-state index in [-0.39, 0.29) is 0 Å². The maximum absolute atomic E-state index is 4.60. The number of nitrogens with zero attached hydrogens (tertiary/aromatic N) is 3. The van der Waals surface area contributed by atoms with Crippen LogP contribution in [0.2, 0.25) is 0 Å². The predicted molar refractivity (Wildman–Crippen MR) is 80.6 cm³/mol. The van der Waals surface area contributed by atoms with Crippen molar-refractivity contribution < 1.29 is 0 Å². The van der Waals surface area contributed by atoms with Gasteiger partial charge in [0.05, 0.1) is 5.69 Å². The molecule has 0 unspecified atom stereocenters. The lowest BCUT2D eigenvalue weighted by molar-refractivity contribution is 0.237. The second-order valence-corrected chi connectivity index (χ2v) is 6.19. The van der Waals surface area contributed by atoms with Crippen LogP contribution in [0.1, 0.15) is 44.4 Å². The maximum atomic E-state index is 4.60. The Hall–Kier alpha value is -1.03. The number of nitrogens with one attached hydrogen (secondary N) is 1. The van der Waals surface area contributed by atoms with Crippen LogP contribution in [0.3, 0.4) is 0 Å². The molecule has 0 amide bonds. The smallest absolute Gasteiger partial charge is 0.131 e. The fourth-order valence-electron chi connectivity index (χ4n) is 3.08. The van der Waals surface area contributed by atoms with Gasteiger partial charge in [-0.3, -0.25) is 4.68 Å². The van der Waals surface area contributed by atoms with Gasteiger partial charge in [-0.25, -0.2) is 0 Å². The Kier molecular flexibility index (Phi) is 4.19. The zero-order chi connectivity index (χ0) is 14.0. The summed E-state index contributed by atoms with van der Waals surface area (Å²) in [5.41, 5.74) is 3.04. The van der Waals surface area contributed by atoms with Crippen LogP contribution in [0.5, 0.6) is 0 Å². The number of hydrogen-bond donors (Lipinski definition) is 1. The Morgan fingerprint density at radius 3 is 2.47 bits per heavy atom. The summed E-state index contributed by atoms with van der Waals surface area (Å²) in [7, 11) is 4.07. The molecule has 2 rings (SSSR count). The molecule has 1 saturated heterocycles. The van der Waals surface area contributed by atoms with Crippen molar-refractivity contribution in [1.82, 2.24) is 15.1 Å². The van der Waals surface area contributed by atoms with E-state index < -0.39 is 0 Å². The van der Waals surface area contributed by atoms with Crippen molar-refractivity contribution in [3.8, 4) is 0 Å². The highest BCUT2D eigenvalue weighted by molar-refractivity contribution is 5.50. The van der Waals surface area contributed by atoms with Crippen LogP contribution in [-0.2, 0) is 13.6 Å². The van der Waals surface area contributed by atoms with E-state index in [1.54, 1.807) is 0 Å². The summed E-state index contributed by atoms with van der Waals surface area (Å²) in [6.07, 6.45) is 3.86. The quantitative estimate of drug-likeness (QED) is 0.907. The summed E-state index contributed by atoms with van der Waals surface area (Å²) < 4.78 is 2.05. The van der Waals surface area contributed by atoms with Crippen molar-refractivity contribution in [2.75, 3.05) is 25.0 Å².